The number of hydrogen-bond donors (Lipinski definition) is 0. The lowest BCUT2D eigenvalue weighted by molar-refractivity contribution is 0.436. The molecule has 1 spiro atoms. The normalized spacial score (nSPS) is 14.1. The van der Waals surface area contributed by atoms with E-state index in [1.54, 1.807) is 0 Å². The predicted molar refractivity (Wildman–Crippen MR) is 258 cm³/mol. The number of para-hydroxylation sites is 2. The second kappa shape index (κ2) is 14.1. The van der Waals surface area contributed by atoms with Crippen molar-refractivity contribution in [3.8, 4) is 90.6 Å². The summed E-state index contributed by atoms with van der Waals surface area (Å²) < 4.78 is 6.73. The van der Waals surface area contributed by atoms with Gasteiger partial charge in [-0.05, 0) is 57.6 Å². The minimum Gasteiger partial charge on any atom is -0.457 e. The van der Waals surface area contributed by atoms with Crippen LogP contribution in [0.5, 0.6) is 11.5 Å². The van der Waals surface area contributed by atoms with E-state index in [1.807, 2.05) is 60.7 Å². The molecule has 0 bridgehead atoms. The average molecular weight is 834 g/mol. The summed E-state index contributed by atoms with van der Waals surface area (Å²) in [5.41, 5.74) is 16.0. The van der Waals surface area contributed by atoms with Crippen LogP contribution in [0.25, 0.3) is 79.1 Å². The largest absolute Gasteiger partial charge is 0.457 e. The SMILES string of the molecule is CC1(C)c2ccccc2-c2c(-c3ccccc3)nc(-c3ccc4c(c3)C3(c5ccccc5Oc5ccccc53)c3ccc(-c5nc(-c6ccccc6)nc(-c6ccccc6)n5)cc3-4)nc21. The zero-order valence-corrected chi connectivity index (χ0v) is 35.7. The van der Waals surface area contributed by atoms with Crippen LogP contribution in [0.1, 0.15) is 47.4 Å². The zero-order valence-electron chi connectivity index (χ0n) is 35.7. The summed E-state index contributed by atoms with van der Waals surface area (Å²) in [5, 5.41) is 0. The van der Waals surface area contributed by atoms with Crippen molar-refractivity contribution in [1.82, 2.24) is 24.9 Å². The van der Waals surface area contributed by atoms with Gasteiger partial charge in [0.15, 0.2) is 23.3 Å². The number of aromatic nitrogens is 5. The van der Waals surface area contributed by atoms with Gasteiger partial charge in [0.25, 0.3) is 0 Å². The van der Waals surface area contributed by atoms with Gasteiger partial charge in [0, 0.05) is 49.9 Å². The summed E-state index contributed by atoms with van der Waals surface area (Å²) in [4.78, 5) is 26.3. The minimum atomic E-state index is -0.720. The number of fused-ring (bicyclic) bond motifs is 12. The molecule has 2 aromatic heterocycles. The number of rotatable bonds is 5. The summed E-state index contributed by atoms with van der Waals surface area (Å²) in [7, 11) is 0. The Morgan fingerprint density at radius 2 is 0.831 bits per heavy atom. The third-order valence-corrected chi connectivity index (χ3v) is 13.6. The lowest BCUT2D eigenvalue weighted by atomic mass is 9.66. The van der Waals surface area contributed by atoms with E-state index in [9.17, 15) is 0 Å². The van der Waals surface area contributed by atoms with Crippen LogP contribution in [0.3, 0.4) is 0 Å². The summed E-state index contributed by atoms with van der Waals surface area (Å²) in [6, 6.07) is 69.9. The van der Waals surface area contributed by atoms with Crippen LogP contribution in [0.2, 0.25) is 0 Å². The first-order chi connectivity index (χ1) is 32.0. The molecule has 6 heteroatoms. The van der Waals surface area contributed by atoms with Crippen LogP contribution in [0.4, 0.5) is 0 Å². The summed E-state index contributed by atoms with van der Waals surface area (Å²) >= 11 is 0. The van der Waals surface area contributed by atoms with Gasteiger partial charge in [-0.15, -0.1) is 0 Å². The maximum atomic E-state index is 6.73. The molecule has 3 aliphatic rings. The Kier molecular flexibility index (Phi) is 8.06. The maximum absolute atomic E-state index is 6.73. The summed E-state index contributed by atoms with van der Waals surface area (Å²) in [5.74, 6) is 4.21. The Morgan fingerprint density at radius 1 is 0.338 bits per heavy atom. The minimum absolute atomic E-state index is 0.327. The highest BCUT2D eigenvalue weighted by atomic mass is 16.5. The average Bonchev–Trinajstić information content (AvgIpc) is 3.78. The highest BCUT2D eigenvalue weighted by Gasteiger charge is 2.51. The molecule has 6 nitrogen and oxygen atoms in total. The maximum Gasteiger partial charge on any atom is 0.164 e. The van der Waals surface area contributed by atoms with Gasteiger partial charge in [-0.25, -0.2) is 24.9 Å². The van der Waals surface area contributed by atoms with Crippen LogP contribution in [0.15, 0.2) is 200 Å². The van der Waals surface area contributed by atoms with Crippen molar-refractivity contribution < 1.29 is 4.74 Å². The number of benzene rings is 8. The van der Waals surface area contributed by atoms with Crippen molar-refractivity contribution >= 4 is 0 Å². The third kappa shape index (κ3) is 5.50. The summed E-state index contributed by atoms with van der Waals surface area (Å²) in [6.45, 7) is 4.56. The molecule has 65 heavy (non-hydrogen) atoms. The molecule has 13 rings (SSSR count). The lowest BCUT2D eigenvalue weighted by Gasteiger charge is -2.39. The molecule has 0 saturated heterocycles. The van der Waals surface area contributed by atoms with Crippen molar-refractivity contribution in [1.29, 1.82) is 0 Å². The quantitative estimate of drug-likeness (QED) is 0.172. The van der Waals surface area contributed by atoms with Crippen LogP contribution in [0, 0.1) is 0 Å². The molecule has 0 atom stereocenters. The first-order valence-corrected chi connectivity index (χ1v) is 22.1. The molecule has 0 amide bonds. The molecule has 0 unspecified atom stereocenters. The van der Waals surface area contributed by atoms with Crippen molar-refractivity contribution in [3.05, 3.63) is 234 Å². The van der Waals surface area contributed by atoms with Gasteiger partial charge >= 0.3 is 0 Å². The highest BCUT2D eigenvalue weighted by Crippen LogP contribution is 2.63. The first-order valence-electron chi connectivity index (χ1n) is 22.1. The van der Waals surface area contributed by atoms with Crippen molar-refractivity contribution in [3.63, 3.8) is 0 Å². The first kappa shape index (κ1) is 37.2. The Balaban J connectivity index is 1.06. The second-order valence-electron chi connectivity index (χ2n) is 17.6. The van der Waals surface area contributed by atoms with E-state index in [4.69, 9.17) is 29.7 Å². The smallest absolute Gasteiger partial charge is 0.164 e. The molecular weight excluding hydrogens is 795 g/mol. The van der Waals surface area contributed by atoms with Gasteiger partial charge in [-0.1, -0.05) is 190 Å². The van der Waals surface area contributed by atoms with Gasteiger partial charge in [-0.2, -0.15) is 0 Å². The fraction of sp³-hybridized carbons (Fsp3) is 0.0678. The van der Waals surface area contributed by atoms with Crippen LogP contribution < -0.4 is 4.74 Å². The standard InChI is InChI=1S/C59H39N5O/c1-58(2)44-25-13-12-24-42(44)51-52(36-18-6-3-7-19-36)60-56(61-53(51)58)40-30-32-41-43-34-39(57-63-54(37-20-8-4-9-21-37)62-55(64-57)38-22-10-5-11-23-38)31-33-45(43)59(48(41)35-40)46-26-14-16-28-49(46)65-50-29-17-15-27-47(50)59/h3-35H,1-2H3. The molecule has 8 aromatic carbocycles. The van der Waals surface area contributed by atoms with E-state index < -0.39 is 5.41 Å². The Bertz CT molecular complexity index is 3450. The van der Waals surface area contributed by atoms with Crippen LogP contribution in [-0.4, -0.2) is 24.9 Å². The number of nitrogens with zero attached hydrogens (tertiary/aromatic N) is 5. The second-order valence-corrected chi connectivity index (χ2v) is 17.6. The fourth-order valence-electron chi connectivity index (χ4n) is 10.6. The van der Waals surface area contributed by atoms with Crippen molar-refractivity contribution in [2.45, 2.75) is 24.7 Å². The molecule has 0 radical (unpaired) electrons. The van der Waals surface area contributed by atoms with Crippen molar-refractivity contribution in [2.24, 2.45) is 0 Å². The molecule has 2 aliphatic carbocycles. The van der Waals surface area contributed by atoms with E-state index in [1.165, 1.54) is 11.1 Å². The van der Waals surface area contributed by atoms with Gasteiger partial charge in [0.05, 0.1) is 16.8 Å². The van der Waals surface area contributed by atoms with Crippen LogP contribution in [-0.2, 0) is 10.8 Å². The van der Waals surface area contributed by atoms with Gasteiger partial charge in [0.2, 0.25) is 0 Å². The van der Waals surface area contributed by atoms with Gasteiger partial charge in [-0.3, -0.25) is 0 Å². The summed E-state index contributed by atoms with van der Waals surface area (Å²) in [6.07, 6.45) is 0. The third-order valence-electron chi connectivity index (χ3n) is 13.6. The van der Waals surface area contributed by atoms with Crippen molar-refractivity contribution in [2.75, 3.05) is 0 Å². The molecule has 0 saturated carbocycles. The number of ether oxygens (including phenoxy) is 1. The monoisotopic (exact) mass is 833 g/mol. The zero-order chi connectivity index (χ0) is 43.3. The molecule has 3 heterocycles. The van der Waals surface area contributed by atoms with E-state index in [0.717, 1.165) is 89.6 Å². The Morgan fingerprint density at radius 3 is 1.46 bits per heavy atom. The van der Waals surface area contributed by atoms with Crippen LogP contribution >= 0.6 is 0 Å². The fourth-order valence-corrected chi connectivity index (χ4v) is 10.6. The van der Waals surface area contributed by atoms with E-state index >= 15 is 0 Å². The topological polar surface area (TPSA) is 73.7 Å². The molecule has 306 valence electrons. The Labute approximate surface area is 377 Å². The highest BCUT2D eigenvalue weighted by molar-refractivity contribution is 5.93. The van der Waals surface area contributed by atoms with E-state index in [0.29, 0.717) is 23.3 Å². The van der Waals surface area contributed by atoms with Gasteiger partial charge < -0.3 is 4.74 Å². The van der Waals surface area contributed by atoms with E-state index in [-0.39, 0.29) is 5.41 Å². The van der Waals surface area contributed by atoms with E-state index in [2.05, 4.69) is 153 Å². The molecule has 0 fully saturated rings. The molecular formula is C59H39N5O. The Hall–Kier alpha value is -8.35. The predicted octanol–water partition coefficient (Wildman–Crippen LogP) is 13.8. The number of hydrogen-bond acceptors (Lipinski definition) is 6. The molecule has 0 N–H and O–H groups in total. The molecule has 1 aliphatic heterocycles. The lowest BCUT2D eigenvalue weighted by Crippen LogP contribution is -2.32. The molecule has 10 aromatic rings. The van der Waals surface area contributed by atoms with Gasteiger partial charge in [0.1, 0.15) is 11.5 Å².